The topological polar surface area (TPSA) is 75.6 Å². The fourth-order valence-electron chi connectivity index (χ4n) is 1.37. The molecule has 0 aliphatic carbocycles. The van der Waals surface area contributed by atoms with Gasteiger partial charge >= 0.3 is 0 Å². The van der Waals surface area contributed by atoms with Crippen molar-refractivity contribution < 1.29 is 4.42 Å². The highest BCUT2D eigenvalue weighted by Crippen LogP contribution is 2.29. The SMILES string of the molecule is N#Cc1cccc(Sc2nnc(-c3cccs3)o2)n1. The van der Waals surface area contributed by atoms with Crippen molar-refractivity contribution in [1.29, 1.82) is 5.26 Å². The van der Waals surface area contributed by atoms with Crippen molar-refractivity contribution in [2.45, 2.75) is 10.2 Å². The molecule has 0 saturated heterocycles. The maximum absolute atomic E-state index is 8.79. The number of nitriles is 1. The molecule has 0 atom stereocenters. The van der Waals surface area contributed by atoms with E-state index in [4.69, 9.17) is 9.68 Å². The molecule has 0 saturated carbocycles. The lowest BCUT2D eigenvalue weighted by Gasteiger charge is -1.95. The Hall–Kier alpha value is -2.17. The van der Waals surface area contributed by atoms with E-state index in [0.717, 1.165) is 4.88 Å². The first-order valence-corrected chi connectivity index (χ1v) is 6.97. The minimum Gasteiger partial charge on any atom is -0.410 e. The predicted molar refractivity (Wildman–Crippen MR) is 70.7 cm³/mol. The van der Waals surface area contributed by atoms with E-state index >= 15 is 0 Å². The van der Waals surface area contributed by atoms with Crippen molar-refractivity contribution >= 4 is 23.1 Å². The average molecular weight is 286 g/mol. The van der Waals surface area contributed by atoms with Crippen molar-refractivity contribution in [3.8, 4) is 16.8 Å². The minimum atomic E-state index is 0.364. The highest BCUT2D eigenvalue weighted by atomic mass is 32.2. The second-order valence-electron chi connectivity index (χ2n) is 3.43. The molecule has 3 aromatic rings. The van der Waals surface area contributed by atoms with Crippen molar-refractivity contribution in [3.63, 3.8) is 0 Å². The molecular formula is C12H6N4OS2. The van der Waals surface area contributed by atoms with Gasteiger partial charge in [-0.15, -0.1) is 21.5 Å². The lowest BCUT2D eigenvalue weighted by molar-refractivity contribution is 0.466. The molecule has 0 spiro atoms. The Kier molecular flexibility index (Phi) is 3.27. The van der Waals surface area contributed by atoms with E-state index in [0.29, 0.717) is 21.8 Å². The summed E-state index contributed by atoms with van der Waals surface area (Å²) in [5.41, 5.74) is 0.364. The van der Waals surface area contributed by atoms with Gasteiger partial charge in [0.25, 0.3) is 11.1 Å². The van der Waals surface area contributed by atoms with Crippen LogP contribution in [-0.4, -0.2) is 15.2 Å². The van der Waals surface area contributed by atoms with Crippen molar-refractivity contribution in [1.82, 2.24) is 15.2 Å². The Morgan fingerprint density at radius 1 is 1.21 bits per heavy atom. The van der Waals surface area contributed by atoms with E-state index < -0.39 is 0 Å². The largest absolute Gasteiger partial charge is 0.410 e. The summed E-state index contributed by atoms with van der Waals surface area (Å²) in [6.07, 6.45) is 0. The Bertz CT molecular complexity index is 730. The molecule has 5 nitrogen and oxygen atoms in total. The van der Waals surface area contributed by atoms with Gasteiger partial charge in [0.15, 0.2) is 0 Å². The number of rotatable bonds is 3. The van der Waals surface area contributed by atoms with Crippen LogP contribution in [0.2, 0.25) is 0 Å². The molecule has 0 aromatic carbocycles. The number of hydrogen-bond acceptors (Lipinski definition) is 7. The molecule has 0 amide bonds. The molecule has 7 heteroatoms. The molecule has 0 N–H and O–H groups in total. The molecule has 3 aromatic heterocycles. The number of hydrogen-bond donors (Lipinski definition) is 0. The third kappa shape index (κ3) is 2.65. The van der Waals surface area contributed by atoms with Crippen LogP contribution in [0.3, 0.4) is 0 Å². The Balaban J connectivity index is 1.82. The predicted octanol–water partition coefficient (Wildman–Crippen LogP) is 3.22. The zero-order valence-electron chi connectivity index (χ0n) is 9.48. The average Bonchev–Trinajstić information content (AvgIpc) is 3.09. The van der Waals surface area contributed by atoms with Gasteiger partial charge in [-0.1, -0.05) is 12.1 Å². The van der Waals surface area contributed by atoms with Crippen LogP contribution < -0.4 is 0 Å². The first-order valence-electron chi connectivity index (χ1n) is 5.27. The van der Waals surface area contributed by atoms with Gasteiger partial charge in [-0.2, -0.15) is 5.26 Å². The number of aromatic nitrogens is 3. The van der Waals surface area contributed by atoms with Crippen LogP contribution in [0.25, 0.3) is 10.8 Å². The highest BCUT2D eigenvalue weighted by Gasteiger charge is 2.11. The van der Waals surface area contributed by atoms with Gasteiger partial charge in [-0.05, 0) is 35.3 Å². The summed E-state index contributed by atoms with van der Waals surface area (Å²) in [5, 5.41) is 19.7. The molecule has 0 bridgehead atoms. The smallest absolute Gasteiger partial charge is 0.283 e. The molecule has 0 aliphatic heterocycles. The second-order valence-corrected chi connectivity index (χ2v) is 5.34. The van der Waals surface area contributed by atoms with Gasteiger partial charge in [-0.25, -0.2) is 4.98 Å². The quantitative estimate of drug-likeness (QED) is 0.736. The van der Waals surface area contributed by atoms with Gasteiger partial charge in [0.1, 0.15) is 16.8 Å². The summed E-state index contributed by atoms with van der Waals surface area (Å²) in [6.45, 7) is 0. The van der Waals surface area contributed by atoms with Crippen LogP contribution in [0, 0.1) is 11.3 Å². The highest BCUT2D eigenvalue weighted by molar-refractivity contribution is 7.99. The third-order valence-electron chi connectivity index (χ3n) is 2.17. The van der Waals surface area contributed by atoms with Gasteiger partial charge in [0, 0.05) is 0 Å². The van der Waals surface area contributed by atoms with E-state index in [2.05, 4.69) is 15.2 Å². The molecule has 0 fully saturated rings. The molecule has 92 valence electrons. The van der Waals surface area contributed by atoms with Crippen LogP contribution >= 0.6 is 23.1 Å². The van der Waals surface area contributed by atoms with Gasteiger partial charge < -0.3 is 4.42 Å². The summed E-state index contributed by atoms with van der Waals surface area (Å²) < 4.78 is 5.53. The maximum atomic E-state index is 8.79. The first-order chi connectivity index (χ1) is 9.35. The van der Waals surface area contributed by atoms with Crippen LogP contribution in [0.1, 0.15) is 5.69 Å². The zero-order valence-corrected chi connectivity index (χ0v) is 11.1. The molecule has 0 aliphatic rings. The number of nitrogens with zero attached hydrogens (tertiary/aromatic N) is 4. The van der Waals surface area contributed by atoms with Crippen molar-refractivity contribution in [3.05, 3.63) is 41.4 Å². The normalized spacial score (nSPS) is 10.3. The summed E-state index contributed by atoms with van der Waals surface area (Å²) in [4.78, 5) is 5.06. The van der Waals surface area contributed by atoms with Gasteiger partial charge in [-0.3, -0.25) is 0 Å². The molecule has 0 unspecified atom stereocenters. The summed E-state index contributed by atoms with van der Waals surface area (Å²) in [6, 6.07) is 11.0. The lowest BCUT2D eigenvalue weighted by Crippen LogP contribution is -1.84. The third-order valence-corrected chi connectivity index (χ3v) is 3.80. The maximum Gasteiger partial charge on any atom is 0.283 e. The summed E-state index contributed by atoms with van der Waals surface area (Å²) in [5.74, 6) is 0.494. The van der Waals surface area contributed by atoms with Gasteiger partial charge in [0.05, 0.1) is 4.88 Å². The lowest BCUT2D eigenvalue weighted by atomic mass is 10.4. The van der Waals surface area contributed by atoms with Crippen LogP contribution in [0.5, 0.6) is 0 Å². The summed E-state index contributed by atoms with van der Waals surface area (Å²) >= 11 is 2.77. The first kappa shape index (κ1) is 11.9. The molecule has 3 rings (SSSR count). The summed E-state index contributed by atoms with van der Waals surface area (Å²) in [7, 11) is 0. The molecule has 19 heavy (non-hydrogen) atoms. The van der Waals surface area contributed by atoms with E-state index in [1.165, 1.54) is 23.1 Å². The molecule has 0 radical (unpaired) electrons. The fourth-order valence-corrected chi connectivity index (χ4v) is 2.69. The van der Waals surface area contributed by atoms with E-state index in [1.807, 2.05) is 23.6 Å². The molecule has 3 heterocycles. The fraction of sp³-hybridized carbons (Fsp3) is 0. The van der Waals surface area contributed by atoms with Gasteiger partial charge in [0.2, 0.25) is 0 Å². The second kappa shape index (κ2) is 5.22. The number of pyridine rings is 1. The Labute approximate surface area is 116 Å². The standard InChI is InChI=1S/C12H6N4OS2/c13-7-8-3-1-5-10(14-8)19-12-16-15-11(17-12)9-4-2-6-18-9/h1-6H. The molecular weight excluding hydrogens is 280 g/mol. The minimum absolute atomic E-state index is 0.364. The Morgan fingerprint density at radius 2 is 2.16 bits per heavy atom. The van der Waals surface area contributed by atoms with Crippen LogP contribution in [0.4, 0.5) is 0 Å². The van der Waals surface area contributed by atoms with Crippen molar-refractivity contribution in [2.24, 2.45) is 0 Å². The van der Waals surface area contributed by atoms with E-state index in [-0.39, 0.29) is 0 Å². The van der Waals surface area contributed by atoms with Crippen LogP contribution in [0.15, 0.2) is 50.4 Å². The van der Waals surface area contributed by atoms with E-state index in [9.17, 15) is 0 Å². The number of thiophene rings is 1. The zero-order chi connectivity index (χ0) is 13.1. The monoisotopic (exact) mass is 286 g/mol. The van der Waals surface area contributed by atoms with E-state index in [1.54, 1.807) is 18.2 Å². The van der Waals surface area contributed by atoms with Crippen LogP contribution in [-0.2, 0) is 0 Å². The Morgan fingerprint density at radius 3 is 2.95 bits per heavy atom. The van der Waals surface area contributed by atoms with Crippen molar-refractivity contribution in [2.75, 3.05) is 0 Å².